The van der Waals surface area contributed by atoms with Gasteiger partial charge in [0.2, 0.25) is 0 Å². The van der Waals surface area contributed by atoms with E-state index in [1.807, 2.05) is 26.8 Å². The largest absolute Gasteiger partial charge is 0.487 e. The Labute approximate surface area is 134 Å². The molecule has 3 rings (SSSR count). The van der Waals surface area contributed by atoms with Gasteiger partial charge in [-0.15, -0.1) is 0 Å². The normalized spacial score (nSPS) is 15.5. The molecule has 2 aromatic rings. The second kappa shape index (κ2) is 5.50. The number of hydrogen-bond donors (Lipinski definition) is 1. The van der Waals surface area contributed by atoms with Crippen molar-refractivity contribution in [2.75, 3.05) is 5.32 Å². The molecule has 1 aromatic heterocycles. The van der Waals surface area contributed by atoms with Crippen LogP contribution in [0.2, 0.25) is 0 Å². The maximum Gasteiger partial charge on any atom is 0.256 e. The molecule has 23 heavy (non-hydrogen) atoms. The molecule has 1 aromatic carbocycles. The first-order chi connectivity index (χ1) is 10.8. The van der Waals surface area contributed by atoms with E-state index in [4.69, 9.17) is 4.74 Å². The SMILES string of the molecule is Cc1ccc(NC(=O)c2ccc3c(c2)C(=O)CC(C)(C)O3)nc1. The van der Waals surface area contributed by atoms with Gasteiger partial charge in [0.25, 0.3) is 5.91 Å². The van der Waals surface area contributed by atoms with E-state index >= 15 is 0 Å². The number of rotatable bonds is 2. The highest BCUT2D eigenvalue weighted by Crippen LogP contribution is 2.33. The third-order valence-electron chi connectivity index (χ3n) is 3.67. The second-order valence-corrected chi connectivity index (χ2v) is 6.35. The summed E-state index contributed by atoms with van der Waals surface area (Å²) in [6, 6.07) is 8.51. The molecule has 0 spiro atoms. The summed E-state index contributed by atoms with van der Waals surface area (Å²) in [4.78, 5) is 28.7. The first-order valence-electron chi connectivity index (χ1n) is 7.44. The Morgan fingerprint density at radius 1 is 1.26 bits per heavy atom. The lowest BCUT2D eigenvalue weighted by Gasteiger charge is -2.31. The van der Waals surface area contributed by atoms with Crippen LogP contribution in [0, 0.1) is 6.92 Å². The molecular weight excluding hydrogens is 292 g/mol. The van der Waals surface area contributed by atoms with E-state index in [1.54, 1.807) is 30.5 Å². The lowest BCUT2D eigenvalue weighted by molar-refractivity contribution is 0.0620. The number of aromatic nitrogens is 1. The van der Waals surface area contributed by atoms with Gasteiger partial charge in [-0.3, -0.25) is 9.59 Å². The third kappa shape index (κ3) is 3.23. The molecule has 0 aliphatic carbocycles. The van der Waals surface area contributed by atoms with Crippen molar-refractivity contribution >= 4 is 17.5 Å². The molecule has 0 fully saturated rings. The highest BCUT2D eigenvalue weighted by atomic mass is 16.5. The maximum atomic E-state index is 12.3. The molecular formula is C18H18N2O3. The Bertz CT molecular complexity index is 779. The van der Waals surface area contributed by atoms with Crippen LogP contribution < -0.4 is 10.1 Å². The molecule has 0 unspecified atom stereocenters. The van der Waals surface area contributed by atoms with E-state index in [0.717, 1.165) is 5.56 Å². The maximum absolute atomic E-state index is 12.3. The Morgan fingerprint density at radius 3 is 2.74 bits per heavy atom. The number of Topliss-reactive ketones (excluding diaryl/α,β-unsaturated/α-hetero) is 1. The molecule has 1 N–H and O–H groups in total. The van der Waals surface area contributed by atoms with Gasteiger partial charge >= 0.3 is 0 Å². The number of pyridine rings is 1. The molecule has 5 heteroatoms. The van der Waals surface area contributed by atoms with Gasteiger partial charge in [0.1, 0.15) is 17.2 Å². The highest BCUT2D eigenvalue weighted by molar-refractivity contribution is 6.07. The van der Waals surface area contributed by atoms with Crippen LogP contribution in [0.4, 0.5) is 5.82 Å². The smallest absolute Gasteiger partial charge is 0.256 e. The van der Waals surface area contributed by atoms with E-state index in [9.17, 15) is 9.59 Å². The first-order valence-corrected chi connectivity index (χ1v) is 7.44. The zero-order valence-electron chi connectivity index (χ0n) is 13.3. The molecule has 0 bridgehead atoms. The van der Waals surface area contributed by atoms with Crippen LogP contribution in [-0.4, -0.2) is 22.3 Å². The standard InChI is InChI=1S/C18H18N2O3/c1-11-4-7-16(19-10-11)20-17(22)12-5-6-15-13(8-12)14(21)9-18(2,3)23-15/h4-8,10H,9H2,1-3H3,(H,19,20,22). The molecule has 0 saturated heterocycles. The van der Waals surface area contributed by atoms with Gasteiger partial charge in [0, 0.05) is 11.8 Å². The number of ether oxygens (including phenoxy) is 1. The molecule has 0 radical (unpaired) electrons. The van der Waals surface area contributed by atoms with Crippen LogP contribution in [0.3, 0.4) is 0 Å². The van der Waals surface area contributed by atoms with Crippen molar-refractivity contribution in [1.82, 2.24) is 4.98 Å². The quantitative estimate of drug-likeness (QED) is 0.923. The zero-order chi connectivity index (χ0) is 16.6. The van der Waals surface area contributed by atoms with E-state index in [2.05, 4.69) is 10.3 Å². The number of carbonyl (C=O) groups is 2. The van der Waals surface area contributed by atoms with Crippen LogP contribution in [0.1, 0.15) is 46.5 Å². The average molecular weight is 310 g/mol. The number of ketones is 1. The fourth-order valence-electron chi connectivity index (χ4n) is 2.52. The van der Waals surface area contributed by atoms with E-state index in [-0.39, 0.29) is 11.7 Å². The van der Waals surface area contributed by atoms with Crippen molar-refractivity contribution in [2.45, 2.75) is 32.8 Å². The van der Waals surface area contributed by atoms with Crippen molar-refractivity contribution in [2.24, 2.45) is 0 Å². The summed E-state index contributed by atoms with van der Waals surface area (Å²) in [6.07, 6.45) is 1.98. The number of amides is 1. The summed E-state index contributed by atoms with van der Waals surface area (Å²) < 4.78 is 5.79. The van der Waals surface area contributed by atoms with Crippen LogP contribution in [0.15, 0.2) is 36.5 Å². The molecule has 0 atom stereocenters. The number of nitrogens with zero attached hydrogens (tertiary/aromatic N) is 1. The lowest BCUT2D eigenvalue weighted by atomic mass is 9.92. The summed E-state index contributed by atoms with van der Waals surface area (Å²) in [6.45, 7) is 5.67. The number of benzene rings is 1. The van der Waals surface area contributed by atoms with Crippen LogP contribution in [-0.2, 0) is 0 Å². The second-order valence-electron chi connectivity index (χ2n) is 6.35. The van der Waals surface area contributed by atoms with Gasteiger partial charge in [-0.2, -0.15) is 0 Å². The number of anilines is 1. The van der Waals surface area contributed by atoms with Gasteiger partial charge in [0.15, 0.2) is 5.78 Å². The number of aryl methyl sites for hydroxylation is 1. The van der Waals surface area contributed by atoms with Crippen molar-refractivity contribution in [1.29, 1.82) is 0 Å². The van der Waals surface area contributed by atoms with Crippen molar-refractivity contribution in [3.05, 3.63) is 53.2 Å². The number of nitrogens with one attached hydrogen (secondary N) is 1. The molecule has 118 valence electrons. The minimum Gasteiger partial charge on any atom is -0.487 e. The van der Waals surface area contributed by atoms with Gasteiger partial charge in [0.05, 0.1) is 12.0 Å². The van der Waals surface area contributed by atoms with E-state index in [0.29, 0.717) is 29.1 Å². The van der Waals surface area contributed by atoms with E-state index < -0.39 is 5.60 Å². The van der Waals surface area contributed by atoms with Crippen LogP contribution in [0.5, 0.6) is 5.75 Å². The summed E-state index contributed by atoms with van der Waals surface area (Å²) in [5.74, 6) is 0.680. The Kier molecular flexibility index (Phi) is 3.64. The monoisotopic (exact) mass is 310 g/mol. The van der Waals surface area contributed by atoms with Gasteiger partial charge in [-0.25, -0.2) is 4.98 Å². The number of hydrogen-bond acceptors (Lipinski definition) is 4. The lowest BCUT2D eigenvalue weighted by Crippen LogP contribution is -2.36. The fourth-order valence-corrected chi connectivity index (χ4v) is 2.52. The van der Waals surface area contributed by atoms with E-state index in [1.165, 1.54) is 0 Å². The average Bonchev–Trinajstić information content (AvgIpc) is 2.48. The zero-order valence-corrected chi connectivity index (χ0v) is 13.3. The molecule has 0 saturated carbocycles. The van der Waals surface area contributed by atoms with Crippen LogP contribution >= 0.6 is 0 Å². The highest BCUT2D eigenvalue weighted by Gasteiger charge is 2.32. The number of carbonyl (C=O) groups excluding carboxylic acids is 2. The molecule has 5 nitrogen and oxygen atoms in total. The first kappa shape index (κ1) is 15.2. The molecule has 1 amide bonds. The fraction of sp³-hybridized carbons (Fsp3) is 0.278. The topological polar surface area (TPSA) is 68.3 Å². The predicted octanol–water partition coefficient (Wildman–Crippen LogP) is 3.39. The van der Waals surface area contributed by atoms with Crippen molar-refractivity contribution < 1.29 is 14.3 Å². The number of fused-ring (bicyclic) bond motifs is 1. The summed E-state index contributed by atoms with van der Waals surface area (Å²) in [7, 11) is 0. The van der Waals surface area contributed by atoms with Crippen molar-refractivity contribution in [3.8, 4) is 5.75 Å². The summed E-state index contributed by atoms with van der Waals surface area (Å²) >= 11 is 0. The molecule has 1 aliphatic heterocycles. The molecule has 2 heterocycles. The molecule has 1 aliphatic rings. The Morgan fingerprint density at radius 2 is 2.04 bits per heavy atom. The van der Waals surface area contributed by atoms with Crippen LogP contribution in [0.25, 0.3) is 0 Å². The third-order valence-corrected chi connectivity index (χ3v) is 3.67. The minimum atomic E-state index is -0.514. The van der Waals surface area contributed by atoms with Crippen molar-refractivity contribution in [3.63, 3.8) is 0 Å². The summed E-state index contributed by atoms with van der Waals surface area (Å²) in [5.41, 5.74) is 1.36. The van der Waals surface area contributed by atoms with Gasteiger partial charge in [-0.1, -0.05) is 6.07 Å². The van der Waals surface area contributed by atoms with Gasteiger partial charge in [-0.05, 0) is 50.6 Å². The minimum absolute atomic E-state index is 0.0145. The predicted molar refractivity (Wildman–Crippen MR) is 87.0 cm³/mol. The summed E-state index contributed by atoms with van der Waals surface area (Å²) in [5, 5.41) is 2.72. The Hall–Kier alpha value is -2.69. The van der Waals surface area contributed by atoms with Gasteiger partial charge < -0.3 is 10.1 Å². The Balaban J connectivity index is 1.84.